The Morgan fingerprint density at radius 3 is 2.67 bits per heavy atom. The summed E-state index contributed by atoms with van der Waals surface area (Å²) in [4.78, 5) is 16.5. The van der Waals surface area contributed by atoms with Crippen LogP contribution in [0.1, 0.15) is 0 Å². The van der Waals surface area contributed by atoms with Crippen LogP contribution in [-0.2, 0) is 0 Å². The van der Waals surface area contributed by atoms with E-state index in [0.717, 1.165) is 10.9 Å². The van der Waals surface area contributed by atoms with E-state index in [9.17, 15) is 0 Å². The summed E-state index contributed by atoms with van der Waals surface area (Å²) in [6.45, 7) is 0. The summed E-state index contributed by atoms with van der Waals surface area (Å²) in [5.74, 6) is 0.992. The topological polar surface area (TPSA) is 82.1 Å². The van der Waals surface area contributed by atoms with E-state index in [4.69, 9.17) is 9.47 Å². The molecule has 7 heteroatoms. The molecule has 0 saturated carbocycles. The van der Waals surface area contributed by atoms with E-state index in [1.807, 2.05) is 30.3 Å². The molecule has 7 nitrogen and oxygen atoms in total. The van der Waals surface area contributed by atoms with Crippen LogP contribution < -0.4 is 14.8 Å². The molecule has 0 aliphatic heterocycles. The smallest absolute Gasteiger partial charge is 0.330 e. The second kappa shape index (κ2) is 5.58. The lowest BCUT2D eigenvalue weighted by atomic mass is 10.2. The minimum Gasteiger partial charge on any atom is -0.467 e. The number of hydrogen-bond acceptors (Lipinski definition) is 7. The summed E-state index contributed by atoms with van der Waals surface area (Å²) in [7, 11) is 3.20. The molecule has 2 heterocycles. The Bertz CT molecular complexity index is 751. The molecule has 1 aromatic carbocycles. The molecule has 0 aliphatic rings. The molecule has 0 unspecified atom stereocenters. The van der Waals surface area contributed by atoms with Crippen LogP contribution >= 0.6 is 0 Å². The average molecular weight is 283 g/mol. The third-order valence-corrected chi connectivity index (χ3v) is 2.81. The predicted molar refractivity (Wildman–Crippen MR) is 77.7 cm³/mol. The highest BCUT2D eigenvalue weighted by Gasteiger charge is 2.10. The van der Waals surface area contributed by atoms with E-state index in [2.05, 4.69) is 25.3 Å². The van der Waals surface area contributed by atoms with Crippen LogP contribution in [0.5, 0.6) is 17.8 Å². The van der Waals surface area contributed by atoms with Gasteiger partial charge in [0.05, 0.1) is 12.6 Å². The van der Waals surface area contributed by atoms with E-state index in [-0.39, 0.29) is 12.0 Å². The molecule has 0 bridgehead atoms. The summed E-state index contributed by atoms with van der Waals surface area (Å²) in [5.41, 5.74) is 0.838. The van der Waals surface area contributed by atoms with Crippen molar-refractivity contribution in [3.63, 3.8) is 0 Å². The van der Waals surface area contributed by atoms with E-state index in [1.54, 1.807) is 13.2 Å². The number of fused-ring (bicyclic) bond motifs is 1. The Labute approximate surface area is 121 Å². The van der Waals surface area contributed by atoms with Crippen LogP contribution in [0.15, 0.2) is 36.5 Å². The molecule has 106 valence electrons. The van der Waals surface area contributed by atoms with Gasteiger partial charge < -0.3 is 14.8 Å². The summed E-state index contributed by atoms with van der Waals surface area (Å²) < 4.78 is 10.8. The zero-order chi connectivity index (χ0) is 14.7. The summed E-state index contributed by atoms with van der Waals surface area (Å²) in [6.07, 6.45) is 1.73. The first kappa shape index (κ1) is 13.0. The first-order chi connectivity index (χ1) is 10.3. The molecule has 0 saturated heterocycles. The number of anilines is 1. The van der Waals surface area contributed by atoms with Crippen molar-refractivity contribution in [3.8, 4) is 17.8 Å². The van der Waals surface area contributed by atoms with Crippen molar-refractivity contribution in [2.45, 2.75) is 0 Å². The third kappa shape index (κ3) is 2.66. The third-order valence-electron chi connectivity index (χ3n) is 2.81. The van der Waals surface area contributed by atoms with Crippen molar-refractivity contribution in [3.05, 3.63) is 36.5 Å². The van der Waals surface area contributed by atoms with Gasteiger partial charge in [-0.15, -0.1) is 4.98 Å². The molecule has 1 N–H and O–H groups in total. The van der Waals surface area contributed by atoms with Gasteiger partial charge in [-0.2, -0.15) is 9.97 Å². The van der Waals surface area contributed by atoms with E-state index < -0.39 is 0 Å². The summed E-state index contributed by atoms with van der Waals surface area (Å²) in [5, 5.41) is 3.71. The van der Waals surface area contributed by atoms with Crippen LogP contribution in [0.4, 0.5) is 5.95 Å². The highest BCUT2D eigenvalue weighted by atomic mass is 16.5. The molecule has 3 aromatic rings. The molecule has 2 aromatic heterocycles. The first-order valence-electron chi connectivity index (χ1n) is 6.29. The second-order valence-corrected chi connectivity index (χ2v) is 4.11. The Morgan fingerprint density at radius 1 is 1.00 bits per heavy atom. The molecule has 0 radical (unpaired) electrons. The van der Waals surface area contributed by atoms with Crippen molar-refractivity contribution in [2.24, 2.45) is 0 Å². The van der Waals surface area contributed by atoms with Crippen LogP contribution in [-0.4, -0.2) is 34.1 Å². The van der Waals surface area contributed by atoms with Gasteiger partial charge in [0, 0.05) is 18.6 Å². The van der Waals surface area contributed by atoms with Crippen molar-refractivity contribution in [2.75, 3.05) is 19.5 Å². The average Bonchev–Trinajstić information content (AvgIpc) is 2.55. The maximum absolute atomic E-state index is 5.75. The van der Waals surface area contributed by atoms with Gasteiger partial charge in [0.1, 0.15) is 5.75 Å². The van der Waals surface area contributed by atoms with Crippen LogP contribution in [0, 0.1) is 0 Å². The van der Waals surface area contributed by atoms with E-state index in [0.29, 0.717) is 11.7 Å². The lowest BCUT2D eigenvalue weighted by Crippen LogP contribution is -2.03. The second-order valence-electron chi connectivity index (χ2n) is 4.11. The zero-order valence-electron chi connectivity index (χ0n) is 11.6. The Morgan fingerprint density at radius 2 is 1.86 bits per heavy atom. The van der Waals surface area contributed by atoms with Gasteiger partial charge >= 0.3 is 12.0 Å². The molecule has 0 atom stereocenters. The Balaban J connectivity index is 2.02. The Hall–Kier alpha value is -2.96. The molecule has 21 heavy (non-hydrogen) atoms. The van der Waals surface area contributed by atoms with Gasteiger partial charge in [-0.25, -0.2) is 0 Å². The number of methoxy groups -OCH3 is 1. The van der Waals surface area contributed by atoms with Gasteiger partial charge in [-0.05, 0) is 24.3 Å². The standard InChI is InChI=1S/C14H13N5O2/c1-15-12-17-13(20-2)19-14(18-12)21-11-7-3-6-10-9(11)5-4-8-16-10/h3-8H,1-2H3,(H,15,17,18,19). The number of aromatic nitrogens is 4. The fourth-order valence-electron chi connectivity index (χ4n) is 1.85. The number of nitrogens with zero attached hydrogens (tertiary/aromatic N) is 4. The monoisotopic (exact) mass is 283 g/mol. The van der Waals surface area contributed by atoms with Crippen LogP contribution in [0.2, 0.25) is 0 Å². The van der Waals surface area contributed by atoms with Gasteiger partial charge in [0.2, 0.25) is 5.95 Å². The fourth-order valence-corrected chi connectivity index (χ4v) is 1.85. The fraction of sp³-hybridized carbons (Fsp3) is 0.143. The number of nitrogens with one attached hydrogen (secondary N) is 1. The van der Waals surface area contributed by atoms with E-state index >= 15 is 0 Å². The maximum Gasteiger partial charge on any atom is 0.330 e. The number of hydrogen-bond donors (Lipinski definition) is 1. The van der Waals surface area contributed by atoms with Crippen molar-refractivity contribution in [1.82, 2.24) is 19.9 Å². The lowest BCUT2D eigenvalue weighted by Gasteiger charge is -2.08. The van der Waals surface area contributed by atoms with Crippen LogP contribution in [0.25, 0.3) is 10.9 Å². The molecule has 3 rings (SSSR count). The van der Waals surface area contributed by atoms with E-state index in [1.165, 1.54) is 7.11 Å². The predicted octanol–water partition coefficient (Wildman–Crippen LogP) is 2.26. The summed E-state index contributed by atoms with van der Waals surface area (Å²) >= 11 is 0. The number of pyridine rings is 1. The maximum atomic E-state index is 5.75. The normalized spacial score (nSPS) is 10.4. The minimum absolute atomic E-state index is 0.155. The number of rotatable bonds is 4. The lowest BCUT2D eigenvalue weighted by molar-refractivity contribution is 0.361. The largest absolute Gasteiger partial charge is 0.467 e. The number of ether oxygens (including phenoxy) is 2. The van der Waals surface area contributed by atoms with Gasteiger partial charge in [-0.3, -0.25) is 4.98 Å². The van der Waals surface area contributed by atoms with Crippen LogP contribution in [0.3, 0.4) is 0 Å². The quantitative estimate of drug-likeness (QED) is 0.786. The summed E-state index contributed by atoms with van der Waals surface area (Å²) in [6, 6.07) is 9.72. The minimum atomic E-state index is 0.155. The molecule has 0 aliphatic carbocycles. The molecular formula is C14H13N5O2. The molecular weight excluding hydrogens is 270 g/mol. The first-order valence-corrected chi connectivity index (χ1v) is 6.29. The molecule has 0 amide bonds. The zero-order valence-corrected chi connectivity index (χ0v) is 11.6. The van der Waals surface area contributed by atoms with Crippen molar-refractivity contribution in [1.29, 1.82) is 0 Å². The number of benzene rings is 1. The Kier molecular flexibility index (Phi) is 3.46. The van der Waals surface area contributed by atoms with Gasteiger partial charge in [0.25, 0.3) is 0 Å². The molecule has 0 spiro atoms. The highest BCUT2D eigenvalue weighted by molar-refractivity contribution is 5.84. The van der Waals surface area contributed by atoms with Crippen molar-refractivity contribution >= 4 is 16.9 Å². The molecule has 0 fully saturated rings. The van der Waals surface area contributed by atoms with Gasteiger partial charge in [0.15, 0.2) is 0 Å². The van der Waals surface area contributed by atoms with Crippen molar-refractivity contribution < 1.29 is 9.47 Å². The van der Waals surface area contributed by atoms with Gasteiger partial charge in [-0.1, -0.05) is 6.07 Å². The highest BCUT2D eigenvalue weighted by Crippen LogP contribution is 2.27. The SMILES string of the molecule is CNc1nc(OC)nc(Oc2cccc3ncccc23)n1.